The van der Waals surface area contributed by atoms with E-state index in [1.54, 1.807) is 0 Å². The molecule has 1 heterocycles. The van der Waals surface area contributed by atoms with Crippen molar-refractivity contribution in [1.82, 2.24) is 14.8 Å². The number of nitrogens with zero attached hydrogens (tertiary/aromatic N) is 3. The molecule has 0 aliphatic rings. The molecule has 2 rings (SSSR count). The monoisotopic (exact) mass is 281 g/mol. The fraction of sp³-hybridized carbons (Fsp3) is 0.100. The first kappa shape index (κ1) is 10.8. The molecule has 0 saturated heterocycles. The number of hydrogen-bond donors (Lipinski definition) is 1. The van der Waals surface area contributed by atoms with Crippen molar-refractivity contribution < 1.29 is 9.90 Å². The van der Waals surface area contributed by atoms with E-state index < -0.39 is 6.09 Å². The van der Waals surface area contributed by atoms with Gasteiger partial charge in [0.25, 0.3) is 0 Å². The van der Waals surface area contributed by atoms with Crippen molar-refractivity contribution in [1.29, 1.82) is 0 Å². The van der Waals surface area contributed by atoms with Gasteiger partial charge in [-0.2, -0.15) is 0 Å². The first-order chi connectivity index (χ1) is 7.72. The van der Waals surface area contributed by atoms with Gasteiger partial charge in [0.2, 0.25) is 0 Å². The summed E-state index contributed by atoms with van der Waals surface area (Å²) in [5, 5.41) is 13.2. The number of halogens is 1. The molecule has 0 aliphatic carbocycles. The Kier molecular flexibility index (Phi) is 3.00. The van der Waals surface area contributed by atoms with Crippen LogP contribution in [0.5, 0.6) is 0 Å². The lowest BCUT2D eigenvalue weighted by molar-refractivity contribution is 0.192. The summed E-state index contributed by atoms with van der Waals surface area (Å²) >= 11 is 3.18. The Morgan fingerprint density at radius 2 is 2.06 bits per heavy atom. The second-order valence-corrected chi connectivity index (χ2v) is 3.61. The van der Waals surface area contributed by atoms with Gasteiger partial charge in [-0.3, -0.25) is 0 Å². The highest BCUT2D eigenvalue weighted by Gasteiger charge is 2.14. The molecule has 0 bridgehead atoms. The summed E-state index contributed by atoms with van der Waals surface area (Å²) in [6.07, 6.45) is -1.14. The molecule has 1 N–H and O–H groups in total. The molecular weight excluding hydrogens is 274 g/mol. The van der Waals surface area contributed by atoms with E-state index in [0.29, 0.717) is 17.0 Å². The smallest absolute Gasteiger partial charge is 0.434 e. The molecule has 0 radical (unpaired) electrons. The predicted molar refractivity (Wildman–Crippen MR) is 61.5 cm³/mol. The Morgan fingerprint density at radius 3 is 2.56 bits per heavy atom. The van der Waals surface area contributed by atoms with E-state index in [9.17, 15) is 4.79 Å². The quantitative estimate of drug-likeness (QED) is 0.858. The molecule has 5 nitrogen and oxygen atoms in total. The summed E-state index contributed by atoms with van der Waals surface area (Å²) in [6.45, 7) is 0. The zero-order chi connectivity index (χ0) is 11.5. The minimum atomic E-state index is -1.14. The number of benzene rings is 1. The van der Waals surface area contributed by atoms with Gasteiger partial charge in [-0.15, -0.1) is 9.78 Å². The van der Waals surface area contributed by atoms with Crippen molar-refractivity contribution in [2.75, 3.05) is 0 Å². The highest BCUT2D eigenvalue weighted by molar-refractivity contribution is 9.08. The Bertz CT molecular complexity index is 510. The molecule has 16 heavy (non-hydrogen) atoms. The van der Waals surface area contributed by atoms with Crippen LogP contribution in [-0.2, 0) is 5.33 Å². The van der Waals surface area contributed by atoms with E-state index in [4.69, 9.17) is 5.11 Å². The Morgan fingerprint density at radius 1 is 1.38 bits per heavy atom. The molecule has 6 heteroatoms. The lowest BCUT2D eigenvalue weighted by Crippen LogP contribution is -2.12. The van der Waals surface area contributed by atoms with Crippen LogP contribution in [0.25, 0.3) is 11.4 Å². The molecule has 0 fully saturated rings. The van der Waals surface area contributed by atoms with E-state index >= 15 is 0 Å². The van der Waals surface area contributed by atoms with Gasteiger partial charge < -0.3 is 5.11 Å². The largest absolute Gasteiger partial charge is 0.463 e. The standard InChI is InChI=1S/C10H8BrN3O2/c11-6-8-12-9(13-14(8)10(15)16)7-4-2-1-3-5-7/h1-5H,6H2,(H,15,16). The van der Waals surface area contributed by atoms with Gasteiger partial charge in [-0.05, 0) is 0 Å². The third-order valence-corrected chi connectivity index (χ3v) is 2.51. The van der Waals surface area contributed by atoms with E-state index in [-0.39, 0.29) is 0 Å². The number of alkyl halides is 1. The highest BCUT2D eigenvalue weighted by atomic mass is 79.9. The number of rotatable bonds is 2. The third kappa shape index (κ3) is 1.96. The van der Waals surface area contributed by atoms with Gasteiger partial charge in [-0.25, -0.2) is 9.78 Å². The Labute approximate surface area is 99.9 Å². The van der Waals surface area contributed by atoms with Crippen LogP contribution in [0.2, 0.25) is 0 Å². The van der Waals surface area contributed by atoms with Gasteiger partial charge in [0, 0.05) is 5.56 Å². The van der Waals surface area contributed by atoms with Crippen LogP contribution in [0.4, 0.5) is 4.79 Å². The number of carboxylic acid groups (broad SMARTS) is 1. The molecule has 0 saturated carbocycles. The maximum atomic E-state index is 10.9. The van der Waals surface area contributed by atoms with Gasteiger partial charge in [0.15, 0.2) is 5.82 Å². The first-order valence-electron chi connectivity index (χ1n) is 4.53. The van der Waals surface area contributed by atoms with E-state index in [2.05, 4.69) is 26.0 Å². The lowest BCUT2D eigenvalue weighted by Gasteiger charge is -1.93. The number of aromatic nitrogens is 3. The fourth-order valence-electron chi connectivity index (χ4n) is 1.29. The lowest BCUT2D eigenvalue weighted by atomic mass is 10.2. The molecule has 1 aromatic heterocycles. The maximum absolute atomic E-state index is 10.9. The van der Waals surface area contributed by atoms with Crippen LogP contribution >= 0.6 is 15.9 Å². The van der Waals surface area contributed by atoms with Crippen molar-refractivity contribution in [3.8, 4) is 11.4 Å². The number of carbonyl (C=O) groups is 1. The normalized spacial score (nSPS) is 10.3. The predicted octanol–water partition coefficient (Wildman–Crippen LogP) is 2.37. The summed E-state index contributed by atoms with van der Waals surface area (Å²) in [5.74, 6) is 0.781. The number of hydrogen-bond acceptors (Lipinski definition) is 3. The Hall–Kier alpha value is -1.69. The van der Waals surface area contributed by atoms with Gasteiger partial charge in [0.05, 0.1) is 5.33 Å². The Balaban J connectivity index is 2.48. The van der Waals surface area contributed by atoms with Crippen molar-refractivity contribution in [3.05, 3.63) is 36.2 Å². The maximum Gasteiger partial charge on any atom is 0.434 e. The molecule has 2 aromatic rings. The minimum Gasteiger partial charge on any atom is -0.463 e. The molecule has 1 aromatic carbocycles. The molecule has 0 atom stereocenters. The summed E-state index contributed by atoms with van der Waals surface area (Å²) in [7, 11) is 0. The molecular formula is C10H8BrN3O2. The molecule has 0 spiro atoms. The molecule has 0 amide bonds. The van der Waals surface area contributed by atoms with Crippen molar-refractivity contribution >= 4 is 22.0 Å². The molecule has 0 unspecified atom stereocenters. The van der Waals surface area contributed by atoms with Crippen molar-refractivity contribution in [2.24, 2.45) is 0 Å². The van der Waals surface area contributed by atoms with Crippen molar-refractivity contribution in [2.45, 2.75) is 5.33 Å². The van der Waals surface area contributed by atoms with Gasteiger partial charge in [0.1, 0.15) is 5.82 Å². The topological polar surface area (TPSA) is 68.0 Å². The summed E-state index contributed by atoms with van der Waals surface area (Å²) in [5.41, 5.74) is 0.796. The summed E-state index contributed by atoms with van der Waals surface area (Å²) in [4.78, 5) is 15.0. The third-order valence-electron chi connectivity index (χ3n) is 2.01. The molecule has 82 valence electrons. The average Bonchev–Trinajstić information content (AvgIpc) is 2.74. The van der Waals surface area contributed by atoms with Crippen LogP contribution in [0.3, 0.4) is 0 Å². The second kappa shape index (κ2) is 4.44. The average molecular weight is 282 g/mol. The van der Waals surface area contributed by atoms with Crippen LogP contribution in [-0.4, -0.2) is 26.0 Å². The van der Waals surface area contributed by atoms with E-state index in [0.717, 1.165) is 10.2 Å². The van der Waals surface area contributed by atoms with Crippen LogP contribution in [0, 0.1) is 0 Å². The van der Waals surface area contributed by atoms with E-state index in [1.165, 1.54) is 0 Å². The second-order valence-electron chi connectivity index (χ2n) is 3.05. The SMILES string of the molecule is O=C(O)n1nc(-c2ccccc2)nc1CBr. The van der Waals surface area contributed by atoms with E-state index in [1.807, 2.05) is 30.3 Å². The fourth-order valence-corrected chi connectivity index (χ4v) is 1.66. The van der Waals surface area contributed by atoms with Crippen LogP contribution in [0.1, 0.15) is 5.82 Å². The summed E-state index contributed by atoms with van der Waals surface area (Å²) < 4.78 is 0.872. The van der Waals surface area contributed by atoms with Gasteiger partial charge >= 0.3 is 6.09 Å². The van der Waals surface area contributed by atoms with Crippen LogP contribution < -0.4 is 0 Å². The zero-order valence-electron chi connectivity index (χ0n) is 8.17. The van der Waals surface area contributed by atoms with Gasteiger partial charge in [-0.1, -0.05) is 46.3 Å². The van der Waals surface area contributed by atoms with Crippen LogP contribution in [0.15, 0.2) is 30.3 Å². The molecule has 0 aliphatic heterocycles. The highest BCUT2D eigenvalue weighted by Crippen LogP contribution is 2.16. The minimum absolute atomic E-state index is 0.346. The summed E-state index contributed by atoms with van der Waals surface area (Å²) in [6, 6.07) is 9.25. The first-order valence-corrected chi connectivity index (χ1v) is 5.65. The van der Waals surface area contributed by atoms with Crippen molar-refractivity contribution in [3.63, 3.8) is 0 Å². The zero-order valence-corrected chi connectivity index (χ0v) is 9.75.